The van der Waals surface area contributed by atoms with E-state index in [1.165, 1.54) is 16.1 Å². The van der Waals surface area contributed by atoms with Crippen molar-refractivity contribution in [2.24, 2.45) is 0 Å². The number of anilines is 1. The van der Waals surface area contributed by atoms with Crippen LogP contribution in [0.25, 0.3) is 0 Å². The molecule has 1 aromatic heterocycles. The predicted octanol–water partition coefficient (Wildman–Crippen LogP) is 3.21. The van der Waals surface area contributed by atoms with Crippen LogP contribution in [-0.4, -0.2) is 23.0 Å². The van der Waals surface area contributed by atoms with Crippen LogP contribution >= 0.6 is 11.3 Å². The van der Waals surface area contributed by atoms with E-state index in [1.54, 1.807) is 11.3 Å². The summed E-state index contributed by atoms with van der Waals surface area (Å²) in [6.07, 6.45) is 2.23. The highest BCUT2D eigenvalue weighted by atomic mass is 32.1. The van der Waals surface area contributed by atoms with Gasteiger partial charge in [-0.25, -0.2) is 4.98 Å². The highest BCUT2D eigenvalue weighted by Gasteiger charge is 2.22. The molecule has 1 aliphatic heterocycles. The monoisotopic (exact) mass is 303 g/mol. The second-order valence-corrected chi connectivity index (χ2v) is 6.62. The van der Waals surface area contributed by atoms with Crippen molar-refractivity contribution < 1.29 is 4.74 Å². The Kier molecular flexibility index (Phi) is 4.41. The molecule has 0 saturated carbocycles. The van der Waals surface area contributed by atoms with E-state index in [2.05, 4.69) is 28.9 Å². The fourth-order valence-electron chi connectivity index (χ4n) is 2.54. The lowest BCUT2D eigenvalue weighted by Crippen LogP contribution is -2.18. The van der Waals surface area contributed by atoms with Crippen LogP contribution in [0.3, 0.4) is 0 Å². The average Bonchev–Trinajstić information content (AvgIpc) is 2.97. The summed E-state index contributed by atoms with van der Waals surface area (Å²) in [5, 5.41) is 0.700. The third-order valence-corrected chi connectivity index (χ3v) is 4.61. The van der Waals surface area contributed by atoms with E-state index in [0.717, 1.165) is 44.8 Å². The molecule has 0 atom stereocenters. The molecule has 4 nitrogen and oxygen atoms in total. The number of aromatic nitrogens is 1. The van der Waals surface area contributed by atoms with Gasteiger partial charge in [0.1, 0.15) is 5.75 Å². The van der Waals surface area contributed by atoms with E-state index >= 15 is 0 Å². The van der Waals surface area contributed by atoms with Crippen LogP contribution in [0.5, 0.6) is 5.75 Å². The number of ether oxygens (including phenoxy) is 1. The van der Waals surface area contributed by atoms with Gasteiger partial charge in [-0.1, -0.05) is 17.7 Å². The molecule has 0 spiro atoms. The maximum atomic E-state index is 5.74. The molecule has 0 amide bonds. The number of unbranched alkanes of at least 4 members (excludes halogenated alkanes) is 1. The zero-order chi connectivity index (χ0) is 14.7. The minimum absolute atomic E-state index is 0.700. The van der Waals surface area contributed by atoms with Crippen LogP contribution in [0, 0.1) is 6.92 Å². The number of nitrogens with two attached hydrogens (primary N) is 1. The van der Waals surface area contributed by atoms with Gasteiger partial charge in [-0.15, -0.1) is 11.3 Å². The van der Waals surface area contributed by atoms with E-state index in [4.69, 9.17) is 10.5 Å². The van der Waals surface area contributed by atoms with Gasteiger partial charge >= 0.3 is 0 Å². The Morgan fingerprint density at radius 3 is 2.81 bits per heavy atom. The number of hydrogen-bond donors (Lipinski definition) is 1. The fraction of sp³-hybridized carbons (Fsp3) is 0.438. The van der Waals surface area contributed by atoms with Gasteiger partial charge in [0.15, 0.2) is 5.13 Å². The lowest BCUT2D eigenvalue weighted by molar-refractivity contribution is 0.254. The molecule has 2 aromatic rings. The number of aryl methyl sites for hydroxylation is 1. The molecule has 0 aliphatic carbocycles. The molecule has 2 heterocycles. The lowest BCUT2D eigenvalue weighted by atomic mass is 10.2. The van der Waals surface area contributed by atoms with Gasteiger partial charge in [0, 0.05) is 18.0 Å². The molecule has 0 radical (unpaired) electrons. The van der Waals surface area contributed by atoms with Gasteiger partial charge in [0.05, 0.1) is 12.3 Å². The Balaban J connectivity index is 1.32. The quantitative estimate of drug-likeness (QED) is 0.833. The first kappa shape index (κ1) is 14.4. The third kappa shape index (κ3) is 3.74. The molecule has 1 aliphatic rings. The molecule has 1 aromatic carbocycles. The van der Waals surface area contributed by atoms with Crippen LogP contribution in [0.15, 0.2) is 24.3 Å². The van der Waals surface area contributed by atoms with Crippen molar-refractivity contribution in [1.29, 1.82) is 0 Å². The third-order valence-electron chi connectivity index (χ3n) is 3.69. The zero-order valence-corrected chi connectivity index (χ0v) is 13.2. The number of fused-ring (bicyclic) bond motifs is 1. The molecule has 0 unspecified atom stereocenters. The van der Waals surface area contributed by atoms with Crippen molar-refractivity contribution in [3.8, 4) is 5.75 Å². The fourth-order valence-corrected chi connectivity index (χ4v) is 3.42. The molecule has 0 saturated heterocycles. The Labute approximate surface area is 129 Å². The number of nitrogen functional groups attached to an aromatic ring is 1. The summed E-state index contributed by atoms with van der Waals surface area (Å²) in [6.45, 7) is 5.91. The second-order valence-electron chi connectivity index (χ2n) is 5.50. The van der Waals surface area contributed by atoms with Crippen LogP contribution in [0.4, 0.5) is 5.13 Å². The highest BCUT2D eigenvalue weighted by molar-refractivity contribution is 7.15. The number of hydrogen-bond acceptors (Lipinski definition) is 5. The Morgan fingerprint density at radius 2 is 2.05 bits per heavy atom. The summed E-state index contributed by atoms with van der Waals surface area (Å²) >= 11 is 1.62. The molecular weight excluding hydrogens is 282 g/mol. The summed E-state index contributed by atoms with van der Waals surface area (Å²) in [5.74, 6) is 0.962. The van der Waals surface area contributed by atoms with Crippen molar-refractivity contribution in [3.63, 3.8) is 0 Å². The van der Waals surface area contributed by atoms with E-state index in [9.17, 15) is 0 Å². The van der Waals surface area contributed by atoms with E-state index in [-0.39, 0.29) is 0 Å². The van der Waals surface area contributed by atoms with Crippen molar-refractivity contribution in [2.45, 2.75) is 32.9 Å². The smallest absolute Gasteiger partial charge is 0.180 e. The first-order chi connectivity index (χ1) is 10.2. The van der Waals surface area contributed by atoms with Gasteiger partial charge in [-0.05, 0) is 38.4 Å². The molecule has 2 N–H and O–H groups in total. The summed E-state index contributed by atoms with van der Waals surface area (Å²) in [4.78, 5) is 8.13. The molecule has 3 rings (SSSR count). The van der Waals surface area contributed by atoms with Crippen molar-refractivity contribution in [3.05, 3.63) is 40.4 Å². The minimum Gasteiger partial charge on any atom is -0.494 e. The first-order valence-corrected chi connectivity index (χ1v) is 8.18. The first-order valence-electron chi connectivity index (χ1n) is 7.36. The van der Waals surface area contributed by atoms with E-state index < -0.39 is 0 Å². The van der Waals surface area contributed by atoms with E-state index in [0.29, 0.717) is 5.13 Å². The second kappa shape index (κ2) is 6.45. The van der Waals surface area contributed by atoms with Crippen LogP contribution in [-0.2, 0) is 13.1 Å². The molecule has 112 valence electrons. The van der Waals surface area contributed by atoms with Crippen molar-refractivity contribution in [2.75, 3.05) is 18.9 Å². The lowest BCUT2D eigenvalue weighted by Gasteiger charge is -2.14. The topological polar surface area (TPSA) is 51.4 Å². The summed E-state index contributed by atoms with van der Waals surface area (Å²) < 4.78 is 5.74. The molecule has 5 heteroatoms. The molecule has 0 fully saturated rings. The van der Waals surface area contributed by atoms with E-state index in [1.807, 2.05) is 12.1 Å². The predicted molar refractivity (Wildman–Crippen MR) is 86.5 cm³/mol. The summed E-state index contributed by atoms with van der Waals surface area (Å²) in [7, 11) is 0. The summed E-state index contributed by atoms with van der Waals surface area (Å²) in [5.41, 5.74) is 8.15. The summed E-state index contributed by atoms with van der Waals surface area (Å²) in [6, 6.07) is 8.22. The van der Waals surface area contributed by atoms with Gasteiger partial charge < -0.3 is 10.5 Å². The number of rotatable bonds is 6. The molecule has 21 heavy (non-hydrogen) atoms. The zero-order valence-electron chi connectivity index (χ0n) is 12.3. The van der Waals surface area contributed by atoms with Gasteiger partial charge in [0.2, 0.25) is 0 Å². The highest BCUT2D eigenvalue weighted by Crippen LogP contribution is 2.29. The average molecular weight is 303 g/mol. The van der Waals surface area contributed by atoms with Crippen molar-refractivity contribution >= 4 is 16.5 Å². The van der Waals surface area contributed by atoms with Crippen LogP contribution in [0.1, 0.15) is 29.0 Å². The Bertz CT molecular complexity index is 571. The van der Waals surface area contributed by atoms with Crippen LogP contribution < -0.4 is 10.5 Å². The van der Waals surface area contributed by atoms with Crippen molar-refractivity contribution in [1.82, 2.24) is 9.88 Å². The normalized spacial score (nSPS) is 14.3. The molecule has 0 bridgehead atoms. The molecular formula is C16H21N3OS. The maximum absolute atomic E-state index is 5.74. The standard InChI is InChI=1S/C16H21N3OS/c1-12-4-6-13(7-5-12)20-9-3-2-8-19-10-14-15(11-19)21-16(17)18-14/h4-7H,2-3,8-11H2,1H3,(H2,17,18). The number of thiazole rings is 1. The number of benzene rings is 1. The number of nitrogens with zero attached hydrogens (tertiary/aromatic N) is 2. The maximum Gasteiger partial charge on any atom is 0.180 e. The Morgan fingerprint density at radius 1 is 1.24 bits per heavy atom. The largest absolute Gasteiger partial charge is 0.494 e. The SMILES string of the molecule is Cc1ccc(OCCCCN2Cc3nc(N)sc3C2)cc1. The van der Waals surface area contributed by atoms with Gasteiger partial charge in [-0.2, -0.15) is 0 Å². The minimum atomic E-state index is 0.700. The van der Waals surface area contributed by atoms with Crippen LogP contribution in [0.2, 0.25) is 0 Å². The Hall–Kier alpha value is -1.59. The van der Waals surface area contributed by atoms with Gasteiger partial charge in [-0.3, -0.25) is 4.90 Å². The van der Waals surface area contributed by atoms with Gasteiger partial charge in [0.25, 0.3) is 0 Å².